The van der Waals surface area contributed by atoms with Crippen molar-refractivity contribution in [3.63, 3.8) is 0 Å². The standard InChI is InChI=1S/C12H7BF3S/c13-7-9-6-8(11-2-1-5-17-11)3-4-10(9)12(14,15)16/h1-7H. The van der Waals surface area contributed by atoms with Gasteiger partial charge in [-0.1, -0.05) is 0 Å². The third kappa shape index (κ3) is 2.49. The molecule has 0 atom stereocenters. The Morgan fingerprint density at radius 1 is 1.18 bits per heavy atom. The van der Waals surface area contributed by atoms with E-state index < -0.39 is 11.7 Å². The molecular formula is C12H7BF3S. The van der Waals surface area contributed by atoms with E-state index >= 15 is 0 Å². The van der Waals surface area contributed by atoms with Crippen molar-refractivity contribution in [2.45, 2.75) is 6.18 Å². The zero-order valence-electron chi connectivity index (χ0n) is 8.66. The molecule has 85 valence electrons. The van der Waals surface area contributed by atoms with Gasteiger partial charge in [0.05, 0.1) is 0 Å². The van der Waals surface area contributed by atoms with Crippen LogP contribution in [0, 0.1) is 0 Å². The summed E-state index contributed by atoms with van der Waals surface area (Å²) in [5.41, 5.74) is 0.0356. The first kappa shape index (κ1) is 12.1. The molecule has 0 spiro atoms. The summed E-state index contributed by atoms with van der Waals surface area (Å²) in [6.45, 7) is 0. The van der Waals surface area contributed by atoms with Gasteiger partial charge in [-0.2, -0.15) is 0 Å². The quantitative estimate of drug-likeness (QED) is 0.713. The van der Waals surface area contributed by atoms with Gasteiger partial charge in [0.25, 0.3) is 0 Å². The molecule has 0 aliphatic carbocycles. The van der Waals surface area contributed by atoms with Gasteiger partial charge in [-0.25, -0.2) is 0 Å². The monoisotopic (exact) mass is 251 g/mol. The van der Waals surface area contributed by atoms with Gasteiger partial charge >= 0.3 is 101 Å². The Hall–Kier alpha value is -1.36. The average molecular weight is 251 g/mol. The van der Waals surface area contributed by atoms with Gasteiger partial charge in [0.1, 0.15) is 0 Å². The van der Waals surface area contributed by atoms with Crippen LogP contribution >= 0.6 is 11.3 Å². The van der Waals surface area contributed by atoms with Crippen LogP contribution in [0.3, 0.4) is 0 Å². The first-order chi connectivity index (χ1) is 8.02. The third-order valence-corrected chi connectivity index (χ3v) is 3.26. The fourth-order valence-electron chi connectivity index (χ4n) is 1.55. The molecule has 1 aromatic carbocycles. The van der Waals surface area contributed by atoms with Crippen LogP contribution in [0.1, 0.15) is 11.1 Å². The molecule has 0 nitrogen and oxygen atoms in total. The zero-order valence-corrected chi connectivity index (χ0v) is 9.48. The van der Waals surface area contributed by atoms with Crippen LogP contribution in [-0.4, -0.2) is 13.5 Å². The molecule has 17 heavy (non-hydrogen) atoms. The van der Waals surface area contributed by atoms with Crippen molar-refractivity contribution in [2.75, 3.05) is 0 Å². The second kappa shape index (κ2) is 4.49. The Balaban J connectivity index is 2.52. The van der Waals surface area contributed by atoms with Crippen LogP contribution in [0.15, 0.2) is 35.7 Å². The first-order valence-electron chi connectivity index (χ1n) is 4.82. The molecule has 0 fully saturated rings. The molecular weight excluding hydrogens is 244 g/mol. The van der Waals surface area contributed by atoms with Crippen LogP contribution in [0.4, 0.5) is 13.2 Å². The van der Waals surface area contributed by atoms with Crippen molar-refractivity contribution < 1.29 is 13.2 Å². The van der Waals surface area contributed by atoms with E-state index in [-0.39, 0.29) is 5.56 Å². The van der Waals surface area contributed by atoms with Gasteiger partial charge < -0.3 is 0 Å². The summed E-state index contributed by atoms with van der Waals surface area (Å²) in [4.78, 5) is 0.918. The second-order valence-electron chi connectivity index (χ2n) is 3.44. The molecule has 0 saturated heterocycles. The number of alkyl halides is 3. The van der Waals surface area contributed by atoms with Gasteiger partial charge in [-0.3, -0.25) is 0 Å². The van der Waals surface area contributed by atoms with Gasteiger partial charge in [-0.05, 0) is 0 Å². The van der Waals surface area contributed by atoms with E-state index in [9.17, 15) is 13.2 Å². The average Bonchev–Trinajstić information content (AvgIpc) is 2.80. The van der Waals surface area contributed by atoms with E-state index in [1.165, 1.54) is 23.5 Å². The number of halogens is 3. The molecule has 0 bridgehead atoms. The van der Waals surface area contributed by atoms with E-state index in [1.807, 2.05) is 17.5 Å². The molecule has 1 radical (unpaired) electrons. The number of hydrogen-bond donors (Lipinski definition) is 0. The van der Waals surface area contributed by atoms with Crippen molar-refractivity contribution in [3.8, 4) is 10.4 Å². The summed E-state index contributed by atoms with van der Waals surface area (Å²) >= 11 is 1.47. The summed E-state index contributed by atoms with van der Waals surface area (Å²) in [5, 5.41) is 1.87. The van der Waals surface area contributed by atoms with E-state index in [4.69, 9.17) is 7.49 Å². The molecule has 1 heterocycles. The fraction of sp³-hybridized carbons (Fsp3) is 0.0833. The Morgan fingerprint density at radius 3 is 2.47 bits per heavy atom. The van der Waals surface area contributed by atoms with Gasteiger partial charge in [-0.15, -0.1) is 0 Å². The van der Waals surface area contributed by atoms with Crippen molar-refractivity contribution in [2.24, 2.45) is 0 Å². The Morgan fingerprint density at radius 2 is 1.94 bits per heavy atom. The summed E-state index contributed by atoms with van der Waals surface area (Å²) in [6, 6.07) is 7.68. The van der Waals surface area contributed by atoms with E-state index in [0.29, 0.717) is 0 Å². The van der Waals surface area contributed by atoms with E-state index in [2.05, 4.69) is 0 Å². The fourth-order valence-corrected chi connectivity index (χ4v) is 2.28. The number of rotatable bonds is 2. The molecule has 2 aromatic rings. The summed E-state index contributed by atoms with van der Waals surface area (Å²) in [7, 11) is 5.25. The first-order valence-corrected chi connectivity index (χ1v) is 5.70. The topological polar surface area (TPSA) is 0 Å². The minimum absolute atomic E-state index is 0.00315. The van der Waals surface area contributed by atoms with Crippen molar-refractivity contribution in [1.29, 1.82) is 0 Å². The summed E-state index contributed by atoms with van der Waals surface area (Å²) in [6.07, 6.45) is -4.38. The van der Waals surface area contributed by atoms with Crippen LogP contribution in [0.25, 0.3) is 10.4 Å². The molecule has 0 aliphatic heterocycles. The maximum absolute atomic E-state index is 12.6. The van der Waals surface area contributed by atoms with Gasteiger partial charge in [0, 0.05) is 0 Å². The normalized spacial score (nSPS) is 11.4. The van der Waals surface area contributed by atoms with Crippen LogP contribution in [0.5, 0.6) is 0 Å². The molecule has 0 amide bonds. The molecule has 0 unspecified atom stereocenters. The van der Waals surface area contributed by atoms with E-state index in [0.717, 1.165) is 22.5 Å². The van der Waals surface area contributed by atoms with Gasteiger partial charge in [0.2, 0.25) is 0 Å². The molecule has 0 N–H and O–H groups in total. The molecule has 0 aliphatic rings. The Kier molecular flexibility index (Phi) is 3.20. The van der Waals surface area contributed by atoms with Crippen LogP contribution < -0.4 is 0 Å². The summed E-state index contributed by atoms with van der Waals surface area (Å²) in [5.74, 6) is 0.986. The zero-order chi connectivity index (χ0) is 12.5. The number of thiophene rings is 1. The van der Waals surface area contributed by atoms with E-state index in [1.54, 1.807) is 0 Å². The third-order valence-electron chi connectivity index (χ3n) is 2.34. The Labute approximate surface area is 102 Å². The minimum atomic E-state index is -4.38. The molecule has 0 saturated carbocycles. The summed E-state index contributed by atoms with van der Waals surface area (Å²) < 4.78 is 37.9. The van der Waals surface area contributed by atoms with Crippen molar-refractivity contribution >= 4 is 24.8 Å². The number of hydrogen-bond acceptors (Lipinski definition) is 1. The molecule has 5 heteroatoms. The SMILES string of the molecule is [B]=Cc1cc(-c2cccs2)ccc1C(F)(F)F. The van der Waals surface area contributed by atoms with Crippen LogP contribution in [0.2, 0.25) is 0 Å². The van der Waals surface area contributed by atoms with Gasteiger partial charge in [0.15, 0.2) is 0 Å². The van der Waals surface area contributed by atoms with Crippen LogP contribution in [-0.2, 0) is 6.18 Å². The molecule has 1 aromatic heterocycles. The second-order valence-corrected chi connectivity index (χ2v) is 4.39. The molecule has 2 rings (SSSR count). The Bertz CT molecular complexity index is 529. The van der Waals surface area contributed by atoms with Crippen molar-refractivity contribution in [1.82, 2.24) is 0 Å². The predicted octanol–water partition coefficient (Wildman–Crippen LogP) is 3.75. The maximum atomic E-state index is 12.6. The number of benzene rings is 1. The van der Waals surface area contributed by atoms with Crippen molar-refractivity contribution in [3.05, 3.63) is 46.8 Å². The predicted molar refractivity (Wildman–Crippen MR) is 65.7 cm³/mol.